The van der Waals surface area contributed by atoms with Gasteiger partial charge in [-0.15, -0.1) is 0 Å². The zero-order chi connectivity index (χ0) is 16.6. The molecule has 3 nitrogen and oxygen atoms in total. The smallest absolute Gasteiger partial charge is 0.0277 e. The van der Waals surface area contributed by atoms with E-state index in [1.165, 1.54) is 26.1 Å². The largest absolute Gasteiger partial charge is 0.304 e. The van der Waals surface area contributed by atoms with Gasteiger partial charge in [-0.05, 0) is 73.8 Å². The standard InChI is InChI=1S/C18H41N3/c1-10-21(14-16(2)3)15-18(6,7)20(9)13-11-12-19(8)17(4)5/h16-17H,10-15H2,1-9H3. The molecule has 0 heterocycles. The van der Waals surface area contributed by atoms with Gasteiger partial charge in [-0.3, -0.25) is 4.90 Å². The fourth-order valence-electron chi connectivity index (χ4n) is 2.61. The average molecular weight is 300 g/mol. The molecule has 0 unspecified atom stereocenters. The number of hydrogen-bond acceptors (Lipinski definition) is 3. The van der Waals surface area contributed by atoms with Gasteiger partial charge < -0.3 is 9.80 Å². The molecule has 0 aliphatic heterocycles. The fourth-order valence-corrected chi connectivity index (χ4v) is 2.61. The zero-order valence-electron chi connectivity index (χ0n) is 16.2. The fraction of sp³-hybridized carbons (Fsp3) is 1.00. The second-order valence-corrected chi connectivity index (χ2v) is 7.88. The van der Waals surface area contributed by atoms with Gasteiger partial charge >= 0.3 is 0 Å². The van der Waals surface area contributed by atoms with E-state index < -0.39 is 0 Å². The highest BCUT2D eigenvalue weighted by Crippen LogP contribution is 2.16. The molecule has 0 aromatic heterocycles. The van der Waals surface area contributed by atoms with Crippen molar-refractivity contribution in [3.05, 3.63) is 0 Å². The summed E-state index contributed by atoms with van der Waals surface area (Å²) in [5.41, 5.74) is 0.237. The summed E-state index contributed by atoms with van der Waals surface area (Å²) in [6.45, 7) is 22.0. The highest BCUT2D eigenvalue weighted by Gasteiger charge is 2.26. The molecular formula is C18H41N3. The highest BCUT2D eigenvalue weighted by atomic mass is 15.2. The third-order valence-electron chi connectivity index (χ3n) is 4.60. The van der Waals surface area contributed by atoms with Crippen molar-refractivity contribution in [2.45, 2.75) is 66.5 Å². The van der Waals surface area contributed by atoms with Crippen LogP contribution >= 0.6 is 0 Å². The van der Waals surface area contributed by atoms with E-state index in [0.717, 1.165) is 19.0 Å². The lowest BCUT2D eigenvalue weighted by Gasteiger charge is -2.40. The summed E-state index contributed by atoms with van der Waals surface area (Å²) < 4.78 is 0. The van der Waals surface area contributed by atoms with Crippen molar-refractivity contribution < 1.29 is 0 Å². The lowest BCUT2D eigenvalue weighted by Crippen LogP contribution is -2.51. The van der Waals surface area contributed by atoms with Crippen molar-refractivity contribution in [1.29, 1.82) is 0 Å². The van der Waals surface area contributed by atoms with Crippen molar-refractivity contribution in [2.75, 3.05) is 46.8 Å². The predicted octanol–water partition coefficient (Wildman–Crippen LogP) is 3.41. The van der Waals surface area contributed by atoms with Crippen molar-refractivity contribution in [3.8, 4) is 0 Å². The van der Waals surface area contributed by atoms with Crippen LogP contribution in [0.2, 0.25) is 0 Å². The number of likely N-dealkylation sites (N-methyl/N-ethyl adjacent to an activating group) is 2. The number of hydrogen-bond donors (Lipinski definition) is 0. The summed E-state index contributed by atoms with van der Waals surface area (Å²) >= 11 is 0. The molecule has 0 fully saturated rings. The Bertz CT molecular complexity index is 261. The van der Waals surface area contributed by atoms with Gasteiger partial charge in [0.25, 0.3) is 0 Å². The van der Waals surface area contributed by atoms with Crippen LogP contribution in [-0.2, 0) is 0 Å². The molecule has 0 aliphatic carbocycles. The van der Waals surface area contributed by atoms with Gasteiger partial charge in [-0.1, -0.05) is 20.8 Å². The normalized spacial score (nSPS) is 13.4. The van der Waals surface area contributed by atoms with Crippen molar-refractivity contribution >= 4 is 0 Å². The van der Waals surface area contributed by atoms with Crippen LogP contribution in [0.25, 0.3) is 0 Å². The third kappa shape index (κ3) is 8.80. The van der Waals surface area contributed by atoms with Crippen LogP contribution in [0.4, 0.5) is 0 Å². The van der Waals surface area contributed by atoms with Gasteiger partial charge in [0.05, 0.1) is 0 Å². The molecule has 128 valence electrons. The van der Waals surface area contributed by atoms with E-state index in [1.807, 2.05) is 0 Å². The second-order valence-electron chi connectivity index (χ2n) is 7.88. The molecular weight excluding hydrogens is 258 g/mol. The van der Waals surface area contributed by atoms with Crippen molar-refractivity contribution in [2.24, 2.45) is 5.92 Å². The van der Waals surface area contributed by atoms with Gasteiger partial charge in [-0.2, -0.15) is 0 Å². The van der Waals surface area contributed by atoms with Gasteiger partial charge in [0.2, 0.25) is 0 Å². The minimum atomic E-state index is 0.237. The Morgan fingerprint density at radius 1 is 0.952 bits per heavy atom. The van der Waals surface area contributed by atoms with Crippen LogP contribution in [0, 0.1) is 5.92 Å². The van der Waals surface area contributed by atoms with Gasteiger partial charge in [0.15, 0.2) is 0 Å². The van der Waals surface area contributed by atoms with Gasteiger partial charge in [-0.25, -0.2) is 0 Å². The molecule has 3 heteroatoms. The van der Waals surface area contributed by atoms with Crippen LogP contribution < -0.4 is 0 Å². The molecule has 0 saturated heterocycles. The van der Waals surface area contributed by atoms with E-state index in [1.54, 1.807) is 0 Å². The SMILES string of the molecule is CCN(CC(C)C)CC(C)(C)N(C)CCCN(C)C(C)C. The molecule has 0 atom stereocenters. The molecule has 0 aromatic carbocycles. The topological polar surface area (TPSA) is 9.72 Å². The van der Waals surface area contributed by atoms with Crippen molar-refractivity contribution in [1.82, 2.24) is 14.7 Å². The van der Waals surface area contributed by atoms with E-state index >= 15 is 0 Å². The maximum Gasteiger partial charge on any atom is 0.0277 e. The minimum Gasteiger partial charge on any atom is -0.304 e. The maximum atomic E-state index is 2.58. The maximum absolute atomic E-state index is 2.58. The first-order chi connectivity index (χ1) is 9.60. The van der Waals surface area contributed by atoms with Crippen molar-refractivity contribution in [3.63, 3.8) is 0 Å². The Kier molecular flexibility index (Phi) is 9.75. The van der Waals surface area contributed by atoms with Gasteiger partial charge in [0, 0.05) is 24.7 Å². The molecule has 0 amide bonds. The molecule has 0 saturated carbocycles. The highest BCUT2D eigenvalue weighted by molar-refractivity contribution is 4.83. The first-order valence-corrected chi connectivity index (χ1v) is 8.74. The number of nitrogens with zero attached hydrogens (tertiary/aromatic N) is 3. The summed E-state index contributed by atoms with van der Waals surface area (Å²) in [7, 11) is 4.50. The lowest BCUT2D eigenvalue weighted by molar-refractivity contribution is 0.0891. The minimum absolute atomic E-state index is 0.237. The quantitative estimate of drug-likeness (QED) is 0.579. The summed E-state index contributed by atoms with van der Waals surface area (Å²) in [5.74, 6) is 0.741. The average Bonchev–Trinajstić information content (AvgIpc) is 2.36. The Morgan fingerprint density at radius 2 is 1.52 bits per heavy atom. The summed E-state index contributed by atoms with van der Waals surface area (Å²) in [6, 6.07) is 0.643. The summed E-state index contributed by atoms with van der Waals surface area (Å²) in [6.07, 6.45) is 1.24. The van der Waals surface area contributed by atoms with E-state index in [-0.39, 0.29) is 5.54 Å². The van der Waals surface area contributed by atoms with Crippen LogP contribution in [-0.4, -0.2) is 73.1 Å². The summed E-state index contributed by atoms with van der Waals surface area (Å²) in [4.78, 5) is 7.55. The first kappa shape index (κ1) is 20.9. The molecule has 0 radical (unpaired) electrons. The lowest BCUT2D eigenvalue weighted by atomic mass is 10.0. The second kappa shape index (κ2) is 9.81. The van der Waals surface area contributed by atoms with E-state index in [0.29, 0.717) is 6.04 Å². The molecule has 21 heavy (non-hydrogen) atoms. The third-order valence-corrected chi connectivity index (χ3v) is 4.60. The molecule has 0 aromatic rings. The summed E-state index contributed by atoms with van der Waals surface area (Å²) in [5, 5.41) is 0. The monoisotopic (exact) mass is 299 g/mol. The Hall–Kier alpha value is -0.120. The molecule has 0 rings (SSSR count). The van der Waals surface area contributed by atoms with Crippen LogP contribution in [0.5, 0.6) is 0 Å². The van der Waals surface area contributed by atoms with Crippen LogP contribution in [0.3, 0.4) is 0 Å². The molecule has 0 spiro atoms. The zero-order valence-corrected chi connectivity index (χ0v) is 16.2. The Morgan fingerprint density at radius 3 is 1.95 bits per heavy atom. The van der Waals surface area contributed by atoms with Crippen LogP contribution in [0.15, 0.2) is 0 Å². The Balaban J connectivity index is 4.27. The van der Waals surface area contributed by atoms with Crippen LogP contribution in [0.1, 0.15) is 54.9 Å². The van der Waals surface area contributed by atoms with E-state index in [9.17, 15) is 0 Å². The molecule has 0 N–H and O–H groups in total. The van der Waals surface area contributed by atoms with Gasteiger partial charge in [0.1, 0.15) is 0 Å². The predicted molar refractivity (Wildman–Crippen MR) is 96.0 cm³/mol. The van der Waals surface area contributed by atoms with E-state index in [4.69, 9.17) is 0 Å². The molecule has 0 bridgehead atoms. The first-order valence-electron chi connectivity index (χ1n) is 8.74. The number of rotatable bonds is 11. The molecule has 0 aliphatic rings. The Labute approximate surface area is 134 Å². The van der Waals surface area contributed by atoms with E-state index in [2.05, 4.69) is 77.3 Å².